The van der Waals surface area contributed by atoms with Crippen molar-refractivity contribution < 1.29 is 14.3 Å². The summed E-state index contributed by atoms with van der Waals surface area (Å²) in [6.07, 6.45) is 2.52. The number of aromatic nitrogens is 3. The largest absolute Gasteiger partial charge is 0.497 e. The fraction of sp³-hybridized carbons (Fsp3) is 0.333. The van der Waals surface area contributed by atoms with Gasteiger partial charge in [0.25, 0.3) is 11.8 Å². The molecule has 0 aliphatic carbocycles. The van der Waals surface area contributed by atoms with Crippen LogP contribution in [-0.4, -0.2) is 56.0 Å². The molecule has 2 amide bonds. The summed E-state index contributed by atoms with van der Waals surface area (Å²) in [6, 6.07) is 11.3. The molecule has 0 spiro atoms. The van der Waals surface area contributed by atoms with E-state index in [0.29, 0.717) is 42.3 Å². The molecule has 5 rings (SSSR count). The highest BCUT2D eigenvalue weighted by atomic mass is 32.1. The van der Waals surface area contributed by atoms with E-state index >= 15 is 0 Å². The molecule has 1 fully saturated rings. The van der Waals surface area contributed by atoms with E-state index in [0.717, 1.165) is 22.8 Å². The van der Waals surface area contributed by atoms with Gasteiger partial charge < -0.3 is 19.1 Å². The molecule has 8 nitrogen and oxygen atoms in total. The van der Waals surface area contributed by atoms with Crippen molar-refractivity contribution in [3.63, 3.8) is 0 Å². The Morgan fingerprint density at radius 3 is 2.77 bits per heavy atom. The van der Waals surface area contributed by atoms with Crippen LogP contribution in [0.25, 0.3) is 0 Å². The number of aryl methyl sites for hydroxylation is 1. The van der Waals surface area contributed by atoms with Crippen molar-refractivity contribution in [3.05, 3.63) is 64.4 Å². The second-order valence-electron chi connectivity index (χ2n) is 7.38. The summed E-state index contributed by atoms with van der Waals surface area (Å²) in [6.45, 7) is 3.34. The van der Waals surface area contributed by atoms with Crippen molar-refractivity contribution in [2.24, 2.45) is 0 Å². The van der Waals surface area contributed by atoms with Gasteiger partial charge in [0.05, 0.1) is 19.3 Å². The Kier molecular flexibility index (Phi) is 4.35. The number of methoxy groups -OCH3 is 1. The van der Waals surface area contributed by atoms with Crippen molar-refractivity contribution >= 4 is 23.3 Å². The zero-order chi connectivity index (χ0) is 20.9. The summed E-state index contributed by atoms with van der Waals surface area (Å²) in [4.78, 5) is 31.2. The summed E-state index contributed by atoms with van der Waals surface area (Å²) >= 11 is 1.11. The van der Waals surface area contributed by atoms with Gasteiger partial charge in [0.15, 0.2) is 5.66 Å². The first-order valence-electron chi connectivity index (χ1n) is 9.85. The molecule has 3 aromatic rings. The third kappa shape index (κ3) is 2.51. The van der Waals surface area contributed by atoms with Crippen molar-refractivity contribution in [3.8, 4) is 5.75 Å². The smallest absolute Gasteiger partial charge is 0.272 e. The summed E-state index contributed by atoms with van der Waals surface area (Å²) in [5, 5.41) is 4.11. The van der Waals surface area contributed by atoms with E-state index in [4.69, 9.17) is 4.74 Å². The number of nitrogens with zero attached hydrogens (tertiary/aromatic N) is 5. The van der Waals surface area contributed by atoms with Gasteiger partial charge in [0.2, 0.25) is 0 Å². The van der Waals surface area contributed by atoms with Gasteiger partial charge in [-0.1, -0.05) is 23.5 Å². The van der Waals surface area contributed by atoms with E-state index in [-0.39, 0.29) is 11.8 Å². The molecule has 1 atom stereocenters. The number of rotatable bonds is 4. The standard InChI is InChI=1S/C21H21N5O3S/c1-3-16-18(30-23-22-16)20(28)26-12-11-25-19(27)17-5-4-10-24(17)13-21(25,26)14-6-8-15(29-2)9-7-14/h4-10H,3,11-13H2,1-2H3. The molecule has 2 aliphatic heterocycles. The predicted octanol–water partition coefficient (Wildman–Crippen LogP) is 2.38. The Bertz CT molecular complexity index is 1120. The Morgan fingerprint density at radius 1 is 1.23 bits per heavy atom. The third-order valence-electron chi connectivity index (χ3n) is 6.01. The fourth-order valence-electron chi connectivity index (χ4n) is 4.53. The number of carbonyl (C=O) groups excluding carboxylic acids is 2. The van der Waals surface area contributed by atoms with Crippen molar-refractivity contribution in [2.75, 3.05) is 20.2 Å². The summed E-state index contributed by atoms with van der Waals surface area (Å²) in [5.74, 6) is 0.514. The van der Waals surface area contributed by atoms with Crippen LogP contribution in [0.4, 0.5) is 0 Å². The number of hydrogen-bond acceptors (Lipinski definition) is 6. The molecule has 2 aliphatic rings. The van der Waals surface area contributed by atoms with E-state index < -0.39 is 5.66 Å². The van der Waals surface area contributed by atoms with Crippen molar-refractivity contribution in [1.29, 1.82) is 0 Å². The molecule has 2 aromatic heterocycles. The van der Waals surface area contributed by atoms with Crippen LogP contribution in [0.5, 0.6) is 5.75 Å². The number of ether oxygens (including phenoxy) is 1. The van der Waals surface area contributed by atoms with Gasteiger partial charge >= 0.3 is 0 Å². The quantitative estimate of drug-likeness (QED) is 0.644. The van der Waals surface area contributed by atoms with Crippen molar-refractivity contribution in [2.45, 2.75) is 25.6 Å². The Morgan fingerprint density at radius 2 is 2.03 bits per heavy atom. The second-order valence-corrected chi connectivity index (χ2v) is 8.14. The zero-order valence-electron chi connectivity index (χ0n) is 16.7. The number of benzene rings is 1. The van der Waals surface area contributed by atoms with Gasteiger partial charge in [-0.3, -0.25) is 9.59 Å². The molecule has 1 aromatic carbocycles. The molecule has 1 saturated heterocycles. The van der Waals surface area contributed by atoms with Crippen LogP contribution >= 0.6 is 11.5 Å². The monoisotopic (exact) mass is 423 g/mol. The maximum absolute atomic E-state index is 13.7. The molecule has 0 radical (unpaired) electrons. The van der Waals surface area contributed by atoms with E-state index in [9.17, 15) is 9.59 Å². The lowest BCUT2D eigenvalue weighted by molar-refractivity contribution is -0.00576. The Labute approximate surface area is 177 Å². The molecule has 154 valence electrons. The van der Waals surface area contributed by atoms with E-state index in [1.807, 2.05) is 63.9 Å². The molecule has 4 heterocycles. The fourth-order valence-corrected chi connectivity index (χ4v) is 5.23. The predicted molar refractivity (Wildman–Crippen MR) is 110 cm³/mol. The van der Waals surface area contributed by atoms with Crippen LogP contribution in [0.1, 0.15) is 38.3 Å². The summed E-state index contributed by atoms with van der Waals surface area (Å²) < 4.78 is 11.2. The highest BCUT2D eigenvalue weighted by molar-refractivity contribution is 7.08. The third-order valence-corrected chi connectivity index (χ3v) is 6.76. The SMILES string of the molecule is CCc1nnsc1C(=O)N1CCN2C(=O)c3cccn3CC12c1ccc(OC)cc1. The molecule has 30 heavy (non-hydrogen) atoms. The Balaban J connectivity index is 1.67. The lowest BCUT2D eigenvalue weighted by Gasteiger charge is -2.47. The van der Waals surface area contributed by atoms with Gasteiger partial charge in [-0.25, -0.2) is 0 Å². The molecule has 9 heteroatoms. The van der Waals surface area contributed by atoms with Gasteiger partial charge in [-0.05, 0) is 42.2 Å². The normalized spacial score (nSPS) is 20.3. The van der Waals surface area contributed by atoms with Gasteiger partial charge in [0.1, 0.15) is 16.3 Å². The average molecular weight is 423 g/mol. The second kappa shape index (κ2) is 6.94. The number of hydrogen-bond donors (Lipinski definition) is 0. The minimum atomic E-state index is -0.915. The van der Waals surface area contributed by atoms with Gasteiger partial charge in [-0.2, -0.15) is 0 Å². The zero-order valence-corrected chi connectivity index (χ0v) is 17.6. The first kappa shape index (κ1) is 18.8. The minimum absolute atomic E-state index is 0.0736. The lowest BCUT2D eigenvalue weighted by Crippen LogP contribution is -2.60. The topological polar surface area (TPSA) is 80.6 Å². The molecular weight excluding hydrogens is 402 g/mol. The van der Waals surface area contributed by atoms with Crippen molar-refractivity contribution in [1.82, 2.24) is 24.0 Å². The minimum Gasteiger partial charge on any atom is -0.497 e. The lowest BCUT2D eigenvalue weighted by atomic mass is 9.93. The van der Waals surface area contributed by atoms with E-state index in [1.165, 1.54) is 0 Å². The number of carbonyl (C=O) groups is 2. The maximum Gasteiger partial charge on any atom is 0.272 e. The van der Waals surface area contributed by atoms with Crippen LogP contribution in [0.15, 0.2) is 42.6 Å². The number of fused-ring (bicyclic) bond motifs is 2. The molecule has 0 bridgehead atoms. The number of amides is 2. The van der Waals surface area contributed by atoms with Crippen LogP contribution in [0.2, 0.25) is 0 Å². The van der Waals surface area contributed by atoms with Gasteiger partial charge in [0, 0.05) is 24.8 Å². The van der Waals surface area contributed by atoms with Crippen LogP contribution in [-0.2, 0) is 18.6 Å². The first-order chi connectivity index (χ1) is 14.6. The average Bonchev–Trinajstić information content (AvgIpc) is 3.51. The highest BCUT2D eigenvalue weighted by Gasteiger charge is 2.56. The maximum atomic E-state index is 13.7. The van der Waals surface area contributed by atoms with Crippen LogP contribution in [0.3, 0.4) is 0 Å². The van der Waals surface area contributed by atoms with E-state index in [2.05, 4.69) is 9.59 Å². The molecule has 0 saturated carbocycles. The molecule has 0 N–H and O–H groups in total. The van der Waals surface area contributed by atoms with Gasteiger partial charge in [-0.15, -0.1) is 5.10 Å². The first-order valence-corrected chi connectivity index (χ1v) is 10.6. The Hall–Kier alpha value is -3.20. The molecule has 1 unspecified atom stereocenters. The molecular formula is C21H21N5O3S. The van der Waals surface area contributed by atoms with E-state index in [1.54, 1.807) is 7.11 Å². The summed E-state index contributed by atoms with van der Waals surface area (Å²) in [7, 11) is 1.62. The van der Waals surface area contributed by atoms with Crippen LogP contribution in [0, 0.1) is 0 Å². The highest BCUT2D eigenvalue weighted by Crippen LogP contribution is 2.44. The van der Waals surface area contributed by atoms with Crippen LogP contribution < -0.4 is 4.74 Å². The summed E-state index contributed by atoms with van der Waals surface area (Å²) in [5.41, 5.74) is 1.29.